The van der Waals surface area contributed by atoms with E-state index in [9.17, 15) is 13.2 Å². The summed E-state index contributed by atoms with van der Waals surface area (Å²) in [7, 11) is -3.91. The highest BCUT2D eigenvalue weighted by Crippen LogP contribution is 2.28. The summed E-state index contributed by atoms with van der Waals surface area (Å²) in [6, 6.07) is 12.5. The second-order valence-corrected chi connectivity index (χ2v) is 9.47. The third-order valence-corrected chi connectivity index (χ3v) is 6.80. The van der Waals surface area contributed by atoms with Gasteiger partial charge in [0.2, 0.25) is 5.89 Å². The monoisotopic (exact) mass is 460 g/mol. The Balaban J connectivity index is 1.53. The van der Waals surface area contributed by atoms with Gasteiger partial charge in [-0.3, -0.25) is 9.52 Å². The molecule has 1 aromatic heterocycles. The smallest absolute Gasteiger partial charge is 0.261 e. The molecule has 4 rings (SSSR count). The minimum atomic E-state index is -3.91. The zero-order valence-electron chi connectivity index (χ0n) is 16.8. The van der Waals surface area contributed by atoms with Crippen molar-refractivity contribution in [1.82, 2.24) is 15.0 Å². The molecule has 0 bridgehead atoms. The number of hydrogen-bond acceptors (Lipinski definition) is 6. The molecule has 8 nitrogen and oxygen atoms in total. The summed E-state index contributed by atoms with van der Waals surface area (Å²) in [5.74, 6) is 0.807. The van der Waals surface area contributed by atoms with E-state index < -0.39 is 10.0 Å². The molecule has 2 heterocycles. The molecule has 0 aliphatic carbocycles. The molecule has 3 aromatic rings. The second-order valence-electron chi connectivity index (χ2n) is 7.38. The molecule has 1 unspecified atom stereocenters. The number of benzene rings is 2. The average molecular weight is 461 g/mol. The van der Waals surface area contributed by atoms with Crippen LogP contribution in [0.4, 0.5) is 5.69 Å². The lowest BCUT2D eigenvalue weighted by atomic mass is 9.97. The van der Waals surface area contributed by atoms with E-state index in [1.807, 2.05) is 0 Å². The number of aromatic nitrogens is 2. The zero-order chi connectivity index (χ0) is 22.0. The van der Waals surface area contributed by atoms with Crippen molar-refractivity contribution in [3.05, 3.63) is 70.8 Å². The van der Waals surface area contributed by atoms with Gasteiger partial charge in [-0.15, -0.1) is 0 Å². The highest BCUT2D eigenvalue weighted by atomic mass is 35.5. The molecule has 0 saturated carbocycles. The molecule has 1 aliphatic heterocycles. The molecule has 1 fully saturated rings. The largest absolute Gasteiger partial charge is 0.339 e. The number of nitrogens with zero attached hydrogens (tertiary/aromatic N) is 3. The van der Waals surface area contributed by atoms with Gasteiger partial charge >= 0.3 is 0 Å². The summed E-state index contributed by atoms with van der Waals surface area (Å²) in [5.41, 5.74) is 0.569. The van der Waals surface area contributed by atoms with E-state index in [-0.39, 0.29) is 27.4 Å². The Morgan fingerprint density at radius 1 is 1.23 bits per heavy atom. The van der Waals surface area contributed by atoms with Crippen LogP contribution in [0.3, 0.4) is 0 Å². The van der Waals surface area contributed by atoms with Crippen molar-refractivity contribution in [3.63, 3.8) is 0 Å². The van der Waals surface area contributed by atoms with Gasteiger partial charge in [-0.1, -0.05) is 35.0 Å². The summed E-state index contributed by atoms with van der Waals surface area (Å²) in [6.07, 6.45) is 1.64. The van der Waals surface area contributed by atoms with Crippen LogP contribution in [0.15, 0.2) is 57.9 Å². The third-order valence-electron chi connectivity index (χ3n) is 5.11. The van der Waals surface area contributed by atoms with E-state index in [2.05, 4.69) is 14.9 Å². The molecule has 1 aliphatic rings. The summed E-state index contributed by atoms with van der Waals surface area (Å²) < 4.78 is 33.4. The molecule has 0 spiro atoms. The Kier molecular flexibility index (Phi) is 5.97. The summed E-state index contributed by atoms with van der Waals surface area (Å²) in [6.45, 7) is 2.77. The van der Waals surface area contributed by atoms with E-state index in [4.69, 9.17) is 16.1 Å². The van der Waals surface area contributed by atoms with Crippen molar-refractivity contribution < 1.29 is 17.7 Å². The fraction of sp³-hybridized carbons (Fsp3) is 0.286. The summed E-state index contributed by atoms with van der Waals surface area (Å²) >= 11 is 6.06. The van der Waals surface area contributed by atoms with Crippen molar-refractivity contribution in [1.29, 1.82) is 0 Å². The molecule has 1 N–H and O–H groups in total. The van der Waals surface area contributed by atoms with Gasteiger partial charge in [-0.2, -0.15) is 4.98 Å². The number of para-hydroxylation sites is 1. The van der Waals surface area contributed by atoms with Crippen LogP contribution in [0.25, 0.3) is 0 Å². The van der Waals surface area contributed by atoms with Crippen molar-refractivity contribution >= 4 is 33.2 Å². The number of sulfonamides is 1. The lowest BCUT2D eigenvalue weighted by Crippen LogP contribution is -2.39. The molecule has 162 valence electrons. The van der Waals surface area contributed by atoms with Crippen LogP contribution in [0.2, 0.25) is 5.02 Å². The van der Waals surface area contributed by atoms with Gasteiger partial charge in [-0.05, 0) is 50.1 Å². The minimum Gasteiger partial charge on any atom is -0.339 e. The molecular weight excluding hydrogens is 440 g/mol. The number of aryl methyl sites for hydroxylation is 1. The van der Waals surface area contributed by atoms with Crippen LogP contribution in [0.5, 0.6) is 0 Å². The van der Waals surface area contributed by atoms with Gasteiger partial charge in [0.25, 0.3) is 15.9 Å². The number of halogens is 1. The SMILES string of the molecule is Cc1noc(C2CCCN(C(=O)c3cccc(S(=O)(=O)Nc4ccccc4Cl)c3)C2)n1. The molecule has 1 saturated heterocycles. The van der Waals surface area contributed by atoms with Crippen molar-refractivity contribution in [2.75, 3.05) is 17.8 Å². The van der Waals surface area contributed by atoms with Crippen LogP contribution in [-0.4, -0.2) is 42.5 Å². The summed E-state index contributed by atoms with van der Waals surface area (Å²) in [4.78, 5) is 19.1. The van der Waals surface area contributed by atoms with Gasteiger partial charge in [0.15, 0.2) is 5.82 Å². The van der Waals surface area contributed by atoms with Gasteiger partial charge in [0.05, 0.1) is 21.5 Å². The van der Waals surface area contributed by atoms with E-state index in [1.54, 1.807) is 48.2 Å². The number of carbonyl (C=O) groups is 1. The maximum atomic E-state index is 13.1. The fourth-order valence-corrected chi connectivity index (χ4v) is 4.93. The molecule has 1 atom stereocenters. The predicted octanol–water partition coefficient (Wildman–Crippen LogP) is 3.85. The Morgan fingerprint density at radius 3 is 2.77 bits per heavy atom. The number of hydrogen-bond donors (Lipinski definition) is 1. The Bertz CT molecular complexity index is 1210. The standard InChI is InChI=1S/C21H21ClN4O4S/c1-14-23-20(30-24-14)16-7-5-11-26(13-16)21(27)15-6-4-8-17(12-15)31(28,29)25-19-10-3-2-9-18(19)22/h2-4,6,8-10,12,16,25H,5,7,11,13H2,1H3. The fourth-order valence-electron chi connectivity index (χ4n) is 3.57. The molecule has 2 aromatic carbocycles. The van der Waals surface area contributed by atoms with E-state index in [0.717, 1.165) is 12.8 Å². The van der Waals surface area contributed by atoms with E-state index in [1.165, 1.54) is 12.1 Å². The van der Waals surface area contributed by atoms with Gasteiger partial charge < -0.3 is 9.42 Å². The number of anilines is 1. The van der Waals surface area contributed by atoms with Crippen LogP contribution in [-0.2, 0) is 10.0 Å². The van der Waals surface area contributed by atoms with Crippen LogP contribution in [0, 0.1) is 6.92 Å². The van der Waals surface area contributed by atoms with Gasteiger partial charge in [0.1, 0.15) is 0 Å². The Morgan fingerprint density at radius 2 is 2.03 bits per heavy atom. The highest BCUT2D eigenvalue weighted by molar-refractivity contribution is 7.92. The third kappa shape index (κ3) is 4.72. The van der Waals surface area contributed by atoms with Crippen LogP contribution < -0.4 is 4.72 Å². The van der Waals surface area contributed by atoms with E-state index >= 15 is 0 Å². The Labute approximate surface area is 185 Å². The van der Waals surface area contributed by atoms with Crippen molar-refractivity contribution in [2.45, 2.75) is 30.6 Å². The van der Waals surface area contributed by atoms with Gasteiger partial charge in [0, 0.05) is 18.7 Å². The molecule has 31 heavy (non-hydrogen) atoms. The number of carbonyl (C=O) groups excluding carboxylic acids is 1. The van der Waals surface area contributed by atoms with Crippen molar-refractivity contribution in [2.24, 2.45) is 0 Å². The zero-order valence-corrected chi connectivity index (χ0v) is 18.4. The number of rotatable bonds is 5. The first-order valence-corrected chi connectivity index (χ1v) is 11.7. The maximum absolute atomic E-state index is 13.1. The van der Waals surface area contributed by atoms with Crippen LogP contribution >= 0.6 is 11.6 Å². The predicted molar refractivity (Wildman–Crippen MR) is 116 cm³/mol. The lowest BCUT2D eigenvalue weighted by molar-refractivity contribution is 0.0695. The number of piperidine rings is 1. The van der Waals surface area contributed by atoms with E-state index in [0.29, 0.717) is 30.4 Å². The average Bonchev–Trinajstić information content (AvgIpc) is 3.21. The molecule has 10 heteroatoms. The lowest BCUT2D eigenvalue weighted by Gasteiger charge is -2.31. The molecular formula is C21H21ClN4O4S. The number of amides is 1. The minimum absolute atomic E-state index is 0.0145. The number of nitrogens with one attached hydrogen (secondary N) is 1. The topological polar surface area (TPSA) is 105 Å². The van der Waals surface area contributed by atoms with Crippen molar-refractivity contribution in [3.8, 4) is 0 Å². The highest BCUT2D eigenvalue weighted by Gasteiger charge is 2.29. The first-order valence-electron chi connectivity index (χ1n) is 9.80. The maximum Gasteiger partial charge on any atom is 0.261 e. The van der Waals surface area contributed by atoms with Crippen LogP contribution in [0.1, 0.15) is 40.8 Å². The first kappa shape index (κ1) is 21.3. The molecule has 0 radical (unpaired) electrons. The summed E-state index contributed by atoms with van der Waals surface area (Å²) in [5, 5.41) is 4.11. The first-order chi connectivity index (χ1) is 14.8. The Hall–Kier alpha value is -2.91. The molecule has 1 amide bonds. The quantitative estimate of drug-likeness (QED) is 0.619. The van der Waals surface area contributed by atoms with Gasteiger partial charge in [-0.25, -0.2) is 8.42 Å². The second kappa shape index (κ2) is 8.68. The number of likely N-dealkylation sites (tertiary alicyclic amines) is 1. The normalized spacial score (nSPS) is 16.8.